The summed E-state index contributed by atoms with van der Waals surface area (Å²) in [6.07, 6.45) is 7.57. The first-order valence-corrected chi connectivity index (χ1v) is 8.78. The Kier molecular flexibility index (Phi) is 4.16. The van der Waals surface area contributed by atoms with Gasteiger partial charge >= 0.3 is 0 Å². The summed E-state index contributed by atoms with van der Waals surface area (Å²) in [5, 5.41) is 5.04. The Morgan fingerprint density at radius 1 is 1.30 bits per heavy atom. The molecule has 2 aliphatic rings. The van der Waals surface area contributed by atoms with Gasteiger partial charge in [0.15, 0.2) is 0 Å². The van der Waals surface area contributed by atoms with Crippen LogP contribution in [0.4, 0.5) is 0 Å². The summed E-state index contributed by atoms with van der Waals surface area (Å²) >= 11 is 1.87. The van der Waals surface area contributed by atoms with Gasteiger partial charge in [-0.2, -0.15) is 0 Å². The van der Waals surface area contributed by atoms with Crippen LogP contribution in [0.15, 0.2) is 6.20 Å². The van der Waals surface area contributed by atoms with Crippen molar-refractivity contribution in [1.82, 2.24) is 15.2 Å². The predicted octanol–water partition coefficient (Wildman–Crippen LogP) is 3.16. The van der Waals surface area contributed by atoms with Crippen LogP contribution < -0.4 is 5.32 Å². The standard InChI is InChI=1S/C16H27N3S/c1-16(2,3)15-18-11-12(20-15)10-17-13-7-9-19-8-5-4-6-14(13)19/h11,13-14,17H,4-10H2,1-3H3. The van der Waals surface area contributed by atoms with E-state index in [1.807, 2.05) is 11.3 Å². The normalized spacial score (nSPS) is 27.8. The zero-order chi connectivity index (χ0) is 14.2. The number of aromatic nitrogens is 1. The lowest BCUT2D eigenvalue weighted by molar-refractivity contribution is 0.180. The molecule has 2 aliphatic heterocycles. The smallest absolute Gasteiger partial charge is 0.0981 e. The Hall–Kier alpha value is -0.450. The van der Waals surface area contributed by atoms with Crippen molar-refractivity contribution in [3.05, 3.63) is 16.1 Å². The summed E-state index contributed by atoms with van der Waals surface area (Å²) < 4.78 is 0. The molecule has 2 atom stereocenters. The molecule has 3 rings (SSSR count). The van der Waals surface area contributed by atoms with Crippen molar-refractivity contribution in [2.45, 2.75) is 70.5 Å². The first kappa shape index (κ1) is 14.5. The molecule has 0 amide bonds. The van der Waals surface area contributed by atoms with Crippen molar-refractivity contribution >= 4 is 11.3 Å². The second-order valence-electron chi connectivity index (χ2n) is 7.26. The van der Waals surface area contributed by atoms with Crippen LogP contribution in [0.3, 0.4) is 0 Å². The van der Waals surface area contributed by atoms with Crippen LogP contribution in [0, 0.1) is 0 Å². The average molecular weight is 293 g/mol. The third kappa shape index (κ3) is 3.07. The lowest BCUT2D eigenvalue weighted by Crippen LogP contribution is -2.44. The summed E-state index contributed by atoms with van der Waals surface area (Å²) in [5.74, 6) is 0. The average Bonchev–Trinajstić information content (AvgIpc) is 3.02. The van der Waals surface area contributed by atoms with Crippen LogP contribution in [0.25, 0.3) is 0 Å². The molecule has 0 aromatic carbocycles. The zero-order valence-electron chi connectivity index (χ0n) is 13.0. The number of fused-ring (bicyclic) bond motifs is 1. The van der Waals surface area contributed by atoms with Crippen molar-refractivity contribution in [3.8, 4) is 0 Å². The maximum absolute atomic E-state index is 4.58. The Morgan fingerprint density at radius 2 is 2.15 bits per heavy atom. The van der Waals surface area contributed by atoms with Crippen molar-refractivity contribution in [2.24, 2.45) is 0 Å². The Morgan fingerprint density at radius 3 is 2.90 bits per heavy atom. The minimum Gasteiger partial charge on any atom is -0.307 e. The summed E-state index contributed by atoms with van der Waals surface area (Å²) in [5.41, 5.74) is 0.177. The monoisotopic (exact) mass is 293 g/mol. The summed E-state index contributed by atoms with van der Waals surface area (Å²) in [4.78, 5) is 8.65. The predicted molar refractivity (Wildman–Crippen MR) is 85.3 cm³/mol. The minimum absolute atomic E-state index is 0.177. The molecule has 0 aliphatic carbocycles. The van der Waals surface area contributed by atoms with E-state index in [4.69, 9.17) is 0 Å². The highest BCUT2D eigenvalue weighted by molar-refractivity contribution is 7.11. The Bertz CT molecular complexity index is 449. The molecule has 0 spiro atoms. The molecule has 2 unspecified atom stereocenters. The van der Waals surface area contributed by atoms with E-state index in [0.29, 0.717) is 6.04 Å². The first-order valence-electron chi connectivity index (χ1n) is 7.96. The topological polar surface area (TPSA) is 28.2 Å². The number of nitrogens with zero attached hydrogens (tertiary/aromatic N) is 2. The van der Waals surface area contributed by atoms with Gasteiger partial charge in [-0.05, 0) is 25.8 Å². The zero-order valence-corrected chi connectivity index (χ0v) is 13.8. The number of thiazole rings is 1. The molecule has 2 saturated heterocycles. The van der Waals surface area contributed by atoms with Gasteiger partial charge < -0.3 is 5.32 Å². The van der Waals surface area contributed by atoms with Gasteiger partial charge in [0, 0.05) is 41.7 Å². The van der Waals surface area contributed by atoms with Crippen molar-refractivity contribution in [1.29, 1.82) is 0 Å². The molecule has 0 radical (unpaired) electrons. The van der Waals surface area contributed by atoms with E-state index in [2.05, 4.69) is 42.2 Å². The van der Waals surface area contributed by atoms with E-state index in [1.54, 1.807) is 0 Å². The van der Waals surface area contributed by atoms with Gasteiger partial charge in [0.25, 0.3) is 0 Å². The van der Waals surface area contributed by atoms with Crippen molar-refractivity contribution in [3.63, 3.8) is 0 Å². The molecule has 3 heterocycles. The van der Waals surface area contributed by atoms with Crippen molar-refractivity contribution in [2.75, 3.05) is 13.1 Å². The minimum atomic E-state index is 0.177. The quantitative estimate of drug-likeness (QED) is 0.928. The third-order valence-electron chi connectivity index (χ3n) is 4.59. The number of nitrogens with one attached hydrogen (secondary N) is 1. The second-order valence-corrected chi connectivity index (χ2v) is 8.37. The highest BCUT2D eigenvalue weighted by atomic mass is 32.1. The first-order chi connectivity index (χ1) is 9.54. The van der Waals surface area contributed by atoms with Crippen LogP contribution >= 0.6 is 11.3 Å². The molecular weight excluding hydrogens is 266 g/mol. The molecule has 1 N–H and O–H groups in total. The maximum Gasteiger partial charge on any atom is 0.0981 e. The van der Waals surface area contributed by atoms with Crippen LogP contribution in [0.2, 0.25) is 0 Å². The lowest BCUT2D eigenvalue weighted by atomic mass is 9.98. The molecule has 4 heteroatoms. The van der Waals surface area contributed by atoms with E-state index in [9.17, 15) is 0 Å². The molecule has 112 valence electrons. The van der Waals surface area contributed by atoms with Gasteiger partial charge in [-0.25, -0.2) is 4.98 Å². The van der Waals surface area contributed by atoms with Gasteiger partial charge in [-0.15, -0.1) is 11.3 Å². The maximum atomic E-state index is 4.58. The summed E-state index contributed by atoms with van der Waals surface area (Å²) in [6.45, 7) is 10.3. The largest absolute Gasteiger partial charge is 0.307 e. The van der Waals surface area contributed by atoms with Crippen LogP contribution in [0.1, 0.15) is 56.3 Å². The SMILES string of the molecule is CC(C)(C)c1ncc(CNC2CCN3CCCCC23)s1. The number of rotatable bonds is 3. The summed E-state index contributed by atoms with van der Waals surface area (Å²) in [6, 6.07) is 1.48. The van der Waals surface area contributed by atoms with E-state index in [-0.39, 0.29) is 5.41 Å². The van der Waals surface area contributed by atoms with E-state index < -0.39 is 0 Å². The van der Waals surface area contributed by atoms with Gasteiger partial charge in [0.1, 0.15) is 0 Å². The number of hydrogen-bond donors (Lipinski definition) is 1. The Balaban J connectivity index is 1.56. The highest BCUT2D eigenvalue weighted by Gasteiger charge is 2.35. The van der Waals surface area contributed by atoms with Gasteiger partial charge in [-0.1, -0.05) is 27.2 Å². The number of piperidine rings is 1. The van der Waals surface area contributed by atoms with Crippen LogP contribution in [-0.4, -0.2) is 35.1 Å². The van der Waals surface area contributed by atoms with Crippen molar-refractivity contribution < 1.29 is 0 Å². The Labute approximate surface area is 126 Å². The molecule has 3 nitrogen and oxygen atoms in total. The van der Waals surface area contributed by atoms with Gasteiger partial charge in [0.2, 0.25) is 0 Å². The van der Waals surface area contributed by atoms with E-state index >= 15 is 0 Å². The molecule has 1 aromatic heterocycles. The molecule has 0 saturated carbocycles. The number of hydrogen-bond acceptors (Lipinski definition) is 4. The second kappa shape index (κ2) is 5.74. The van der Waals surface area contributed by atoms with Crippen LogP contribution in [0.5, 0.6) is 0 Å². The van der Waals surface area contributed by atoms with E-state index in [1.165, 1.54) is 48.7 Å². The molecular formula is C16H27N3S. The molecule has 1 aromatic rings. The lowest BCUT2D eigenvalue weighted by Gasteiger charge is -2.32. The van der Waals surface area contributed by atoms with Crippen LogP contribution in [-0.2, 0) is 12.0 Å². The van der Waals surface area contributed by atoms with Gasteiger partial charge in [0.05, 0.1) is 5.01 Å². The third-order valence-corrected chi connectivity index (χ3v) is 6.01. The fraction of sp³-hybridized carbons (Fsp3) is 0.812. The van der Waals surface area contributed by atoms with Gasteiger partial charge in [-0.3, -0.25) is 4.90 Å². The van der Waals surface area contributed by atoms with E-state index in [0.717, 1.165) is 12.6 Å². The fourth-order valence-corrected chi connectivity index (χ4v) is 4.37. The molecule has 0 bridgehead atoms. The fourth-order valence-electron chi connectivity index (χ4n) is 3.45. The molecule has 20 heavy (non-hydrogen) atoms. The molecule has 2 fully saturated rings. The summed E-state index contributed by atoms with van der Waals surface area (Å²) in [7, 11) is 0. The highest BCUT2D eigenvalue weighted by Crippen LogP contribution is 2.29.